The lowest BCUT2D eigenvalue weighted by molar-refractivity contribution is 0.339. The molecule has 4 rings (SSSR count). The van der Waals surface area contributed by atoms with Crippen molar-refractivity contribution < 1.29 is 13.5 Å². The first-order chi connectivity index (χ1) is 17.5. The van der Waals surface area contributed by atoms with Crippen molar-refractivity contribution in [3.8, 4) is 17.1 Å². The third-order valence-electron chi connectivity index (χ3n) is 6.45. The Morgan fingerprint density at radius 3 is 2.75 bits per heavy atom. The number of hydrogen-bond acceptors (Lipinski definition) is 6. The zero-order valence-electron chi connectivity index (χ0n) is 20.4. The van der Waals surface area contributed by atoms with Crippen LogP contribution in [0.4, 0.5) is 14.6 Å². The molecule has 1 aromatic heterocycles. The van der Waals surface area contributed by atoms with E-state index in [1.54, 1.807) is 30.3 Å². The Kier molecular flexibility index (Phi) is 8.32. The molecule has 0 aliphatic carbocycles. The van der Waals surface area contributed by atoms with E-state index >= 15 is 0 Å². The molecule has 1 aliphatic rings. The Morgan fingerprint density at radius 2 is 2.03 bits per heavy atom. The van der Waals surface area contributed by atoms with Crippen molar-refractivity contribution in [1.29, 1.82) is 0 Å². The van der Waals surface area contributed by atoms with Gasteiger partial charge in [-0.1, -0.05) is 24.8 Å². The van der Waals surface area contributed by atoms with E-state index in [-0.39, 0.29) is 18.1 Å². The summed E-state index contributed by atoms with van der Waals surface area (Å²) in [7, 11) is 1.43. The largest absolute Gasteiger partial charge is 0.494 e. The minimum absolute atomic E-state index is 0.165. The van der Waals surface area contributed by atoms with Crippen LogP contribution in [0.5, 0.6) is 5.75 Å². The Balaban J connectivity index is 1.55. The first-order valence-electron chi connectivity index (χ1n) is 12.1. The summed E-state index contributed by atoms with van der Waals surface area (Å²) in [6.45, 7) is 6.82. The van der Waals surface area contributed by atoms with E-state index in [2.05, 4.69) is 27.2 Å². The van der Waals surface area contributed by atoms with Crippen LogP contribution in [-0.2, 0) is 13.1 Å². The van der Waals surface area contributed by atoms with Crippen LogP contribution in [0.25, 0.3) is 11.4 Å². The molecule has 1 aliphatic heterocycles. The van der Waals surface area contributed by atoms with Crippen LogP contribution < -0.4 is 21.1 Å². The second-order valence-electron chi connectivity index (χ2n) is 8.84. The van der Waals surface area contributed by atoms with Crippen LogP contribution in [0.15, 0.2) is 59.9 Å². The molecule has 190 valence electrons. The Hall–Kier alpha value is -3.72. The summed E-state index contributed by atoms with van der Waals surface area (Å²) < 4.78 is 35.3. The van der Waals surface area contributed by atoms with Gasteiger partial charge in [0.05, 0.1) is 13.3 Å². The summed E-state index contributed by atoms with van der Waals surface area (Å²) in [6, 6.07) is 11.3. The van der Waals surface area contributed by atoms with Gasteiger partial charge in [0.15, 0.2) is 11.6 Å². The molecule has 2 aromatic carbocycles. The zero-order valence-corrected chi connectivity index (χ0v) is 20.4. The van der Waals surface area contributed by atoms with E-state index < -0.39 is 5.82 Å². The number of nitrogen functional groups attached to an aromatic ring is 1. The van der Waals surface area contributed by atoms with Gasteiger partial charge in [0.1, 0.15) is 29.0 Å². The molecule has 4 N–H and O–H groups in total. The minimum atomic E-state index is -0.470. The van der Waals surface area contributed by atoms with E-state index in [4.69, 9.17) is 10.5 Å². The van der Waals surface area contributed by atoms with Gasteiger partial charge in [-0.2, -0.15) is 0 Å². The molecule has 0 bridgehead atoms. The first-order valence-corrected chi connectivity index (χ1v) is 12.1. The summed E-state index contributed by atoms with van der Waals surface area (Å²) in [6.07, 6.45) is 4.70. The standard InChI is InChI=1S/C27H32F2N6O/c1-18(32-16-21-5-3-4-6-22(21)28)33-17-24-26(30)35(14-11-19-9-12-31-13-10-19)27(34-24)20-7-8-25(36-2)23(29)15-20/h3-8,15,17,19,31-32H,1,9-14,16,30H2,2H3/b33-17-. The van der Waals surface area contributed by atoms with E-state index in [1.165, 1.54) is 25.5 Å². The quantitative estimate of drug-likeness (QED) is 0.362. The number of anilines is 1. The van der Waals surface area contributed by atoms with Crippen LogP contribution in [0, 0.1) is 17.6 Å². The number of rotatable bonds is 10. The fraction of sp³-hybridized carbons (Fsp3) is 0.333. The fourth-order valence-corrected chi connectivity index (χ4v) is 4.34. The van der Waals surface area contributed by atoms with Crippen molar-refractivity contribution in [3.05, 3.63) is 77.8 Å². The number of methoxy groups -OCH3 is 1. The van der Waals surface area contributed by atoms with E-state index in [0.29, 0.717) is 46.7 Å². The first kappa shape index (κ1) is 25.4. The minimum Gasteiger partial charge on any atom is -0.494 e. The van der Waals surface area contributed by atoms with E-state index in [0.717, 1.165) is 32.4 Å². The van der Waals surface area contributed by atoms with Gasteiger partial charge in [0.2, 0.25) is 0 Å². The lowest BCUT2D eigenvalue weighted by atomic mass is 9.94. The van der Waals surface area contributed by atoms with Gasteiger partial charge in [0.25, 0.3) is 0 Å². The maximum Gasteiger partial charge on any atom is 0.165 e. The third-order valence-corrected chi connectivity index (χ3v) is 6.45. The SMILES string of the molecule is C=C(/N=C\c1nc(-c2ccc(OC)c(F)c2)n(CCC2CCNCC2)c1N)NCc1ccccc1F. The topological polar surface area (TPSA) is 89.5 Å². The predicted molar refractivity (Wildman–Crippen MR) is 139 cm³/mol. The van der Waals surface area contributed by atoms with Crippen LogP contribution in [0.3, 0.4) is 0 Å². The van der Waals surface area contributed by atoms with E-state index in [1.807, 2.05) is 4.57 Å². The molecule has 0 saturated carbocycles. The second-order valence-corrected chi connectivity index (χ2v) is 8.84. The van der Waals surface area contributed by atoms with Crippen molar-refractivity contribution in [3.63, 3.8) is 0 Å². The number of nitrogens with one attached hydrogen (secondary N) is 2. The number of aliphatic imine (C=N–C) groups is 1. The number of ether oxygens (including phenoxy) is 1. The molecule has 7 nitrogen and oxygen atoms in total. The number of aromatic nitrogens is 2. The monoisotopic (exact) mass is 494 g/mol. The number of nitrogens with zero attached hydrogens (tertiary/aromatic N) is 3. The van der Waals surface area contributed by atoms with Gasteiger partial charge in [-0.05, 0) is 62.5 Å². The lowest BCUT2D eigenvalue weighted by Crippen LogP contribution is -2.28. The average molecular weight is 495 g/mol. The molecule has 0 atom stereocenters. The molecule has 3 aromatic rings. The molecule has 1 saturated heterocycles. The lowest BCUT2D eigenvalue weighted by Gasteiger charge is -2.23. The molecule has 1 fully saturated rings. The summed E-state index contributed by atoms with van der Waals surface area (Å²) >= 11 is 0. The Labute approximate surface area is 210 Å². The molecular formula is C27H32F2N6O. The number of imidazole rings is 1. The highest BCUT2D eigenvalue weighted by Gasteiger charge is 2.19. The van der Waals surface area contributed by atoms with Gasteiger partial charge in [-0.25, -0.2) is 18.8 Å². The third kappa shape index (κ3) is 6.09. The smallest absolute Gasteiger partial charge is 0.165 e. The molecule has 0 unspecified atom stereocenters. The second kappa shape index (κ2) is 11.8. The van der Waals surface area contributed by atoms with Crippen molar-refractivity contribution in [2.45, 2.75) is 32.4 Å². The predicted octanol–water partition coefficient (Wildman–Crippen LogP) is 4.49. The summed E-state index contributed by atoms with van der Waals surface area (Å²) in [5.41, 5.74) is 8.07. The number of benzene rings is 2. The number of nitrogens with two attached hydrogens (primary N) is 1. The van der Waals surface area contributed by atoms with E-state index in [9.17, 15) is 8.78 Å². The van der Waals surface area contributed by atoms with Gasteiger partial charge < -0.3 is 25.7 Å². The Bertz CT molecular complexity index is 1230. The molecule has 0 amide bonds. The zero-order chi connectivity index (χ0) is 25.5. The van der Waals surface area contributed by atoms with Crippen molar-refractivity contribution >= 4 is 12.0 Å². The maximum atomic E-state index is 14.5. The molecular weight excluding hydrogens is 462 g/mol. The summed E-state index contributed by atoms with van der Waals surface area (Å²) in [5, 5.41) is 6.38. The van der Waals surface area contributed by atoms with Crippen LogP contribution in [0.2, 0.25) is 0 Å². The van der Waals surface area contributed by atoms with Gasteiger partial charge in [-0.3, -0.25) is 0 Å². The highest BCUT2D eigenvalue weighted by atomic mass is 19.1. The van der Waals surface area contributed by atoms with Crippen LogP contribution in [-0.4, -0.2) is 36.0 Å². The average Bonchev–Trinajstić information content (AvgIpc) is 3.21. The highest BCUT2D eigenvalue weighted by molar-refractivity contribution is 5.86. The van der Waals surface area contributed by atoms with Crippen molar-refractivity contribution in [1.82, 2.24) is 20.2 Å². The van der Waals surface area contributed by atoms with Crippen LogP contribution >= 0.6 is 0 Å². The van der Waals surface area contributed by atoms with Gasteiger partial charge in [-0.15, -0.1) is 0 Å². The molecule has 0 radical (unpaired) electrons. The van der Waals surface area contributed by atoms with Gasteiger partial charge in [0, 0.05) is 24.2 Å². The number of piperidine rings is 1. The van der Waals surface area contributed by atoms with Crippen LogP contribution in [0.1, 0.15) is 30.5 Å². The molecule has 0 spiro atoms. The van der Waals surface area contributed by atoms with Gasteiger partial charge >= 0.3 is 0 Å². The fourth-order valence-electron chi connectivity index (χ4n) is 4.34. The number of hydrogen-bond donors (Lipinski definition) is 3. The summed E-state index contributed by atoms with van der Waals surface area (Å²) in [5.74, 6) is 1.35. The Morgan fingerprint density at radius 1 is 1.25 bits per heavy atom. The maximum absolute atomic E-state index is 14.5. The number of halogens is 2. The van der Waals surface area contributed by atoms with Crippen molar-refractivity contribution in [2.24, 2.45) is 10.9 Å². The van der Waals surface area contributed by atoms with Crippen molar-refractivity contribution in [2.75, 3.05) is 25.9 Å². The highest BCUT2D eigenvalue weighted by Crippen LogP contribution is 2.29. The molecule has 9 heteroatoms. The summed E-state index contributed by atoms with van der Waals surface area (Å²) in [4.78, 5) is 9.02. The normalized spacial score (nSPS) is 14.3. The molecule has 2 heterocycles. The molecule has 36 heavy (non-hydrogen) atoms.